The van der Waals surface area contributed by atoms with Crippen molar-refractivity contribution in [2.75, 3.05) is 0 Å². The van der Waals surface area contributed by atoms with Crippen LogP contribution in [-0.2, 0) is 9.84 Å². The van der Waals surface area contributed by atoms with Gasteiger partial charge in [0.2, 0.25) is 9.84 Å². The van der Waals surface area contributed by atoms with Crippen molar-refractivity contribution in [3.63, 3.8) is 0 Å². The maximum absolute atomic E-state index is 12.8. The Bertz CT molecular complexity index is 1170. The number of carboxylic acid groups (broad SMARTS) is 1. The topological polar surface area (TPSA) is 104 Å². The van der Waals surface area contributed by atoms with Crippen LogP contribution >= 0.6 is 0 Å². The van der Waals surface area contributed by atoms with E-state index < -0.39 is 21.2 Å². The van der Waals surface area contributed by atoms with E-state index in [1.807, 2.05) is 0 Å². The highest BCUT2D eigenvalue weighted by Gasteiger charge is 2.35. The van der Waals surface area contributed by atoms with E-state index in [4.69, 9.17) is 5.11 Å². The third-order valence-electron chi connectivity index (χ3n) is 3.91. The van der Waals surface area contributed by atoms with Gasteiger partial charge in [-0.1, -0.05) is 24.3 Å². The highest BCUT2D eigenvalue weighted by atomic mass is 32.2. The van der Waals surface area contributed by atoms with Gasteiger partial charge in [-0.3, -0.25) is 4.79 Å². The molecule has 0 aliphatic carbocycles. The molecular formula is C16H9NO5S. The second-order valence-electron chi connectivity index (χ2n) is 5.22. The molecule has 0 radical (unpaired) electrons. The Morgan fingerprint density at radius 3 is 2.52 bits per heavy atom. The summed E-state index contributed by atoms with van der Waals surface area (Å²) in [4.78, 5) is 26.1. The van der Waals surface area contributed by atoms with E-state index in [0.717, 1.165) is 6.07 Å². The molecule has 2 N–H and O–H groups in total. The fourth-order valence-electron chi connectivity index (χ4n) is 2.96. The van der Waals surface area contributed by atoms with Gasteiger partial charge < -0.3 is 10.1 Å². The largest absolute Gasteiger partial charge is 0.477 e. The Kier molecular flexibility index (Phi) is 2.56. The molecule has 6 nitrogen and oxygen atoms in total. The summed E-state index contributed by atoms with van der Waals surface area (Å²) in [6, 6.07) is 10.6. The Morgan fingerprint density at radius 2 is 1.78 bits per heavy atom. The molecule has 0 fully saturated rings. The van der Waals surface area contributed by atoms with Crippen LogP contribution in [0.5, 0.6) is 0 Å². The van der Waals surface area contributed by atoms with Gasteiger partial charge in [-0.2, -0.15) is 0 Å². The highest BCUT2D eigenvalue weighted by molar-refractivity contribution is 7.92. The first-order valence-electron chi connectivity index (χ1n) is 6.69. The number of fused-ring (bicyclic) bond motifs is 5. The Labute approximate surface area is 129 Å². The average molecular weight is 327 g/mol. The fraction of sp³-hybridized carbons (Fsp3) is 0. The molecule has 2 aromatic carbocycles. The number of hydrogen-bond acceptors (Lipinski definition) is 4. The molecule has 0 saturated carbocycles. The van der Waals surface area contributed by atoms with E-state index in [2.05, 4.69) is 4.98 Å². The minimum Gasteiger partial charge on any atom is -0.477 e. The Balaban J connectivity index is 2.21. The zero-order valence-corrected chi connectivity index (χ0v) is 12.3. The number of rotatable bonds is 1. The monoisotopic (exact) mass is 327 g/mol. The van der Waals surface area contributed by atoms with Crippen molar-refractivity contribution in [2.45, 2.75) is 9.79 Å². The van der Waals surface area contributed by atoms with Crippen LogP contribution in [0.2, 0.25) is 0 Å². The van der Waals surface area contributed by atoms with Crippen molar-refractivity contribution >= 4 is 26.7 Å². The molecule has 4 rings (SSSR count). The number of benzene rings is 2. The molecule has 0 unspecified atom stereocenters. The fourth-order valence-corrected chi connectivity index (χ4v) is 4.85. The number of carboxylic acids is 1. The second-order valence-corrected chi connectivity index (χ2v) is 7.07. The van der Waals surface area contributed by atoms with Crippen LogP contribution in [0.4, 0.5) is 0 Å². The number of aromatic amines is 1. The van der Waals surface area contributed by atoms with Gasteiger partial charge in [-0.15, -0.1) is 0 Å². The quantitative estimate of drug-likeness (QED) is 0.557. The number of sulfone groups is 1. The van der Waals surface area contributed by atoms with Crippen LogP contribution in [0.15, 0.2) is 57.1 Å². The second kappa shape index (κ2) is 4.30. The summed E-state index contributed by atoms with van der Waals surface area (Å²) in [5, 5.41) is 9.01. The molecule has 1 aliphatic rings. The predicted octanol–water partition coefficient (Wildman–Crippen LogP) is 2.04. The van der Waals surface area contributed by atoms with Crippen molar-refractivity contribution in [2.24, 2.45) is 0 Å². The van der Waals surface area contributed by atoms with E-state index >= 15 is 0 Å². The smallest absolute Gasteiger partial charge is 0.352 e. The van der Waals surface area contributed by atoms with E-state index in [0.29, 0.717) is 11.1 Å². The number of hydrogen-bond donors (Lipinski definition) is 2. The van der Waals surface area contributed by atoms with Gasteiger partial charge in [0.15, 0.2) is 5.43 Å². The molecule has 0 spiro atoms. The first-order chi connectivity index (χ1) is 10.9. The number of carbonyl (C=O) groups is 1. The van der Waals surface area contributed by atoms with Gasteiger partial charge in [0.25, 0.3) is 0 Å². The van der Waals surface area contributed by atoms with E-state index in [1.165, 1.54) is 12.1 Å². The number of nitrogens with one attached hydrogen (secondary N) is 1. The summed E-state index contributed by atoms with van der Waals surface area (Å²) in [6.07, 6.45) is 0. The zero-order chi connectivity index (χ0) is 16.4. The summed E-state index contributed by atoms with van der Waals surface area (Å²) in [7, 11) is -3.81. The van der Waals surface area contributed by atoms with Crippen LogP contribution in [0.25, 0.3) is 22.0 Å². The third kappa shape index (κ3) is 1.71. The maximum atomic E-state index is 12.8. The van der Waals surface area contributed by atoms with Crippen LogP contribution in [0.3, 0.4) is 0 Å². The van der Waals surface area contributed by atoms with Gasteiger partial charge in [-0.05, 0) is 12.1 Å². The molecule has 2 heterocycles. The molecule has 0 amide bonds. The molecule has 114 valence electrons. The molecule has 0 saturated heterocycles. The Hall–Kier alpha value is -2.93. The zero-order valence-electron chi connectivity index (χ0n) is 11.5. The van der Waals surface area contributed by atoms with Crippen LogP contribution < -0.4 is 5.43 Å². The van der Waals surface area contributed by atoms with E-state index in [1.54, 1.807) is 24.3 Å². The predicted molar refractivity (Wildman–Crippen MR) is 82.4 cm³/mol. The molecule has 0 bridgehead atoms. The van der Waals surface area contributed by atoms with Gasteiger partial charge in [0.05, 0.1) is 20.7 Å². The maximum Gasteiger partial charge on any atom is 0.352 e. The van der Waals surface area contributed by atoms with Crippen LogP contribution in [0.1, 0.15) is 10.5 Å². The van der Waals surface area contributed by atoms with Gasteiger partial charge in [-0.25, -0.2) is 13.2 Å². The van der Waals surface area contributed by atoms with Crippen LogP contribution in [-0.4, -0.2) is 24.5 Å². The third-order valence-corrected chi connectivity index (χ3v) is 5.81. The van der Waals surface area contributed by atoms with E-state index in [-0.39, 0.29) is 26.4 Å². The molecule has 23 heavy (non-hydrogen) atoms. The van der Waals surface area contributed by atoms with E-state index in [9.17, 15) is 18.0 Å². The van der Waals surface area contributed by atoms with Crippen LogP contribution in [0, 0.1) is 0 Å². The molecule has 1 aliphatic heterocycles. The molecule has 3 aromatic rings. The summed E-state index contributed by atoms with van der Waals surface area (Å²) in [5.74, 6) is -1.28. The molecule has 1 aromatic heterocycles. The lowest BCUT2D eigenvalue weighted by Crippen LogP contribution is -2.12. The van der Waals surface area contributed by atoms with Gasteiger partial charge >= 0.3 is 5.97 Å². The SMILES string of the molecule is O=C(O)c1cc(=O)c2c3c(ccc2[nH]1)-c1ccccc1S3(=O)=O. The average Bonchev–Trinajstić information content (AvgIpc) is 2.76. The Morgan fingerprint density at radius 1 is 1.04 bits per heavy atom. The minimum atomic E-state index is -3.81. The summed E-state index contributed by atoms with van der Waals surface area (Å²) in [5.41, 5.74) is 0.276. The van der Waals surface area contributed by atoms with Crippen molar-refractivity contribution in [3.05, 3.63) is 58.4 Å². The number of aromatic nitrogens is 1. The number of H-pyrrole nitrogens is 1. The molecule has 0 atom stereocenters. The van der Waals surface area contributed by atoms with Crippen molar-refractivity contribution in [3.8, 4) is 11.1 Å². The standard InChI is InChI=1S/C16H9NO5S/c18-12-7-11(16(19)20)17-10-6-5-9-8-3-1-2-4-13(8)23(21,22)15(9)14(10)12/h1-7H,(H,17,18)(H,19,20). The highest BCUT2D eigenvalue weighted by Crippen LogP contribution is 2.45. The lowest BCUT2D eigenvalue weighted by atomic mass is 10.0. The number of pyridine rings is 1. The first kappa shape index (κ1) is 13.7. The van der Waals surface area contributed by atoms with Crippen molar-refractivity contribution < 1.29 is 18.3 Å². The first-order valence-corrected chi connectivity index (χ1v) is 8.17. The lowest BCUT2D eigenvalue weighted by molar-refractivity contribution is 0.0691. The van der Waals surface area contributed by atoms with Crippen molar-refractivity contribution in [1.29, 1.82) is 0 Å². The van der Waals surface area contributed by atoms with Gasteiger partial charge in [0.1, 0.15) is 5.69 Å². The summed E-state index contributed by atoms with van der Waals surface area (Å²) in [6.45, 7) is 0. The van der Waals surface area contributed by atoms with Gasteiger partial charge in [0, 0.05) is 17.2 Å². The minimum absolute atomic E-state index is 0.0105. The lowest BCUT2D eigenvalue weighted by Gasteiger charge is -2.06. The summed E-state index contributed by atoms with van der Waals surface area (Å²) >= 11 is 0. The number of aromatic carboxylic acids is 1. The summed E-state index contributed by atoms with van der Waals surface area (Å²) < 4.78 is 25.6. The normalized spacial score (nSPS) is 14.4. The molecule has 7 heteroatoms. The van der Waals surface area contributed by atoms with Crippen molar-refractivity contribution in [1.82, 2.24) is 4.98 Å². The molecular weight excluding hydrogens is 318 g/mol.